The van der Waals surface area contributed by atoms with Gasteiger partial charge in [0.05, 0.1) is 10.6 Å². The second-order valence-electron chi connectivity index (χ2n) is 5.31. The molecule has 0 fully saturated rings. The number of sulfonamides is 1. The lowest BCUT2D eigenvalue weighted by atomic mass is 10.1. The number of benzene rings is 2. The Balaban J connectivity index is 2.63. The zero-order chi connectivity index (χ0) is 17.0. The minimum atomic E-state index is -3.93. The molecule has 0 saturated carbocycles. The van der Waals surface area contributed by atoms with Gasteiger partial charge in [-0.05, 0) is 37.1 Å². The van der Waals surface area contributed by atoms with Crippen molar-refractivity contribution in [1.82, 2.24) is 0 Å². The number of amides is 1. The predicted molar refractivity (Wildman–Crippen MR) is 92.0 cm³/mol. The number of aryl methyl sites for hydroxylation is 2. The monoisotopic (exact) mass is 331 g/mol. The standard InChI is InChI=1S/C18H21NO3S/c1-4-15-8-6-7-9-17(15)19(18(20)5-2)23(21,22)16-12-10-14(3)11-13-16/h6-13H,4-5H2,1-3H3. The van der Waals surface area contributed by atoms with Crippen molar-refractivity contribution in [3.8, 4) is 0 Å². The van der Waals surface area contributed by atoms with Crippen molar-refractivity contribution in [3.05, 3.63) is 59.7 Å². The van der Waals surface area contributed by atoms with Crippen LogP contribution in [-0.4, -0.2) is 14.3 Å². The Morgan fingerprint density at radius 3 is 2.17 bits per heavy atom. The third-order valence-corrected chi connectivity index (χ3v) is 5.43. The Morgan fingerprint density at radius 2 is 1.61 bits per heavy atom. The number of hydrogen-bond acceptors (Lipinski definition) is 3. The summed E-state index contributed by atoms with van der Waals surface area (Å²) in [5, 5.41) is 0. The first kappa shape index (κ1) is 17.2. The highest BCUT2D eigenvalue weighted by Gasteiger charge is 2.31. The molecule has 0 spiro atoms. The van der Waals surface area contributed by atoms with Crippen LogP contribution in [0.1, 0.15) is 31.4 Å². The second-order valence-corrected chi connectivity index (χ2v) is 7.10. The lowest BCUT2D eigenvalue weighted by molar-refractivity contribution is -0.117. The number of rotatable bonds is 5. The molecule has 0 heterocycles. The quantitative estimate of drug-likeness (QED) is 0.839. The van der Waals surface area contributed by atoms with Gasteiger partial charge in [0.2, 0.25) is 5.91 Å². The molecular formula is C18H21NO3S. The van der Waals surface area contributed by atoms with Crippen molar-refractivity contribution in [3.63, 3.8) is 0 Å². The number of hydrogen-bond donors (Lipinski definition) is 0. The molecule has 2 aromatic rings. The average Bonchev–Trinajstić information content (AvgIpc) is 2.55. The van der Waals surface area contributed by atoms with Crippen molar-refractivity contribution < 1.29 is 13.2 Å². The highest BCUT2D eigenvalue weighted by molar-refractivity contribution is 7.93. The molecule has 0 radical (unpaired) electrons. The molecule has 0 atom stereocenters. The minimum absolute atomic E-state index is 0.114. The molecule has 0 aliphatic heterocycles. The molecular weight excluding hydrogens is 310 g/mol. The maximum Gasteiger partial charge on any atom is 0.270 e. The SMILES string of the molecule is CCC(=O)N(c1ccccc1CC)S(=O)(=O)c1ccc(C)cc1. The third-order valence-electron chi connectivity index (χ3n) is 3.68. The van der Waals surface area contributed by atoms with Gasteiger partial charge in [0, 0.05) is 6.42 Å². The number of para-hydroxylation sites is 1. The summed E-state index contributed by atoms with van der Waals surface area (Å²) in [7, 11) is -3.93. The predicted octanol–water partition coefficient (Wildman–Crippen LogP) is 3.69. The van der Waals surface area contributed by atoms with Gasteiger partial charge in [0.15, 0.2) is 0 Å². The molecule has 23 heavy (non-hydrogen) atoms. The van der Waals surface area contributed by atoms with Crippen molar-refractivity contribution >= 4 is 21.6 Å². The molecule has 0 aromatic heterocycles. The zero-order valence-corrected chi connectivity index (χ0v) is 14.4. The molecule has 2 rings (SSSR count). The van der Waals surface area contributed by atoms with Crippen molar-refractivity contribution in [2.45, 2.75) is 38.5 Å². The van der Waals surface area contributed by atoms with Crippen molar-refractivity contribution in [2.24, 2.45) is 0 Å². The van der Waals surface area contributed by atoms with Gasteiger partial charge in [0.1, 0.15) is 0 Å². The van der Waals surface area contributed by atoms with Crippen LogP contribution in [0.2, 0.25) is 0 Å². The summed E-state index contributed by atoms with van der Waals surface area (Å²) in [4.78, 5) is 12.5. The lowest BCUT2D eigenvalue weighted by Gasteiger charge is -2.24. The van der Waals surface area contributed by atoms with Gasteiger partial charge in [-0.3, -0.25) is 4.79 Å². The molecule has 5 heteroatoms. The topological polar surface area (TPSA) is 54.5 Å². The van der Waals surface area contributed by atoms with Crippen LogP contribution in [0, 0.1) is 6.92 Å². The smallest absolute Gasteiger partial charge is 0.270 e. The zero-order valence-electron chi connectivity index (χ0n) is 13.6. The maximum absolute atomic E-state index is 13.0. The van der Waals surface area contributed by atoms with Gasteiger partial charge in [0.25, 0.3) is 10.0 Å². The Bertz CT molecular complexity index is 795. The first-order valence-corrected chi connectivity index (χ1v) is 9.08. The highest BCUT2D eigenvalue weighted by atomic mass is 32.2. The molecule has 0 unspecified atom stereocenters. The van der Waals surface area contributed by atoms with Gasteiger partial charge in [-0.25, -0.2) is 12.7 Å². The van der Waals surface area contributed by atoms with Crippen LogP contribution in [-0.2, 0) is 21.2 Å². The van der Waals surface area contributed by atoms with E-state index in [0.29, 0.717) is 12.1 Å². The van der Waals surface area contributed by atoms with Crippen molar-refractivity contribution in [1.29, 1.82) is 0 Å². The molecule has 1 amide bonds. The summed E-state index contributed by atoms with van der Waals surface area (Å²) in [6, 6.07) is 13.6. The van der Waals surface area contributed by atoms with Crippen LogP contribution in [0.4, 0.5) is 5.69 Å². The van der Waals surface area contributed by atoms with Crippen molar-refractivity contribution in [2.75, 3.05) is 4.31 Å². The lowest BCUT2D eigenvalue weighted by Crippen LogP contribution is -2.37. The summed E-state index contributed by atoms with van der Waals surface area (Å²) < 4.78 is 27.0. The van der Waals surface area contributed by atoms with Gasteiger partial charge >= 0.3 is 0 Å². The van der Waals surface area contributed by atoms with E-state index in [1.54, 1.807) is 31.2 Å². The largest absolute Gasteiger partial charge is 0.273 e. The van der Waals surface area contributed by atoms with E-state index in [4.69, 9.17) is 0 Å². The fourth-order valence-electron chi connectivity index (χ4n) is 2.37. The maximum atomic E-state index is 13.0. The summed E-state index contributed by atoms with van der Waals surface area (Å²) in [5.74, 6) is -0.438. The summed E-state index contributed by atoms with van der Waals surface area (Å²) >= 11 is 0. The number of carbonyl (C=O) groups is 1. The van der Waals surface area contributed by atoms with E-state index >= 15 is 0 Å². The number of nitrogens with zero attached hydrogens (tertiary/aromatic N) is 1. The van der Waals surface area contributed by atoms with Gasteiger partial charge in [-0.1, -0.05) is 49.7 Å². The van der Waals surface area contributed by atoms with Crippen LogP contribution in [0.25, 0.3) is 0 Å². The van der Waals surface area contributed by atoms with E-state index in [2.05, 4.69) is 0 Å². The molecule has 0 N–H and O–H groups in total. The van der Waals surface area contributed by atoms with Gasteiger partial charge in [-0.2, -0.15) is 0 Å². The summed E-state index contributed by atoms with van der Waals surface area (Å²) in [6.07, 6.45) is 0.760. The molecule has 2 aromatic carbocycles. The first-order chi connectivity index (χ1) is 10.9. The third kappa shape index (κ3) is 3.45. The van der Waals surface area contributed by atoms with E-state index in [9.17, 15) is 13.2 Å². The van der Waals surface area contributed by atoms with Gasteiger partial charge in [-0.15, -0.1) is 0 Å². The Labute approximate surface area is 137 Å². The van der Waals surface area contributed by atoms with E-state index < -0.39 is 15.9 Å². The van der Waals surface area contributed by atoms with Crippen LogP contribution in [0.5, 0.6) is 0 Å². The Kier molecular flexibility index (Phi) is 5.21. The van der Waals surface area contributed by atoms with Crippen LogP contribution in [0.15, 0.2) is 53.4 Å². The normalized spacial score (nSPS) is 11.3. The summed E-state index contributed by atoms with van der Waals surface area (Å²) in [5.41, 5.74) is 2.22. The van der Waals surface area contributed by atoms with E-state index in [-0.39, 0.29) is 11.3 Å². The fraction of sp³-hybridized carbons (Fsp3) is 0.278. The Hall–Kier alpha value is -2.14. The van der Waals surface area contributed by atoms with Crippen LogP contribution >= 0.6 is 0 Å². The van der Waals surface area contributed by atoms with E-state index in [1.807, 2.05) is 26.0 Å². The molecule has 0 bridgehead atoms. The molecule has 0 aliphatic rings. The van der Waals surface area contributed by atoms with Gasteiger partial charge < -0.3 is 0 Å². The average molecular weight is 331 g/mol. The Morgan fingerprint density at radius 1 is 1.00 bits per heavy atom. The molecule has 4 nitrogen and oxygen atoms in total. The molecule has 122 valence electrons. The summed E-state index contributed by atoms with van der Waals surface area (Å²) in [6.45, 7) is 5.48. The number of carbonyl (C=O) groups excluding carboxylic acids is 1. The van der Waals surface area contributed by atoms with Crippen LogP contribution in [0.3, 0.4) is 0 Å². The second kappa shape index (κ2) is 6.96. The van der Waals surface area contributed by atoms with Crippen LogP contribution < -0.4 is 4.31 Å². The first-order valence-electron chi connectivity index (χ1n) is 7.64. The highest BCUT2D eigenvalue weighted by Crippen LogP contribution is 2.28. The molecule has 0 aliphatic carbocycles. The minimum Gasteiger partial charge on any atom is -0.273 e. The van der Waals surface area contributed by atoms with E-state index in [0.717, 1.165) is 15.4 Å². The van der Waals surface area contributed by atoms with E-state index in [1.165, 1.54) is 12.1 Å². The number of anilines is 1. The fourth-order valence-corrected chi connectivity index (χ4v) is 3.89. The molecule has 0 saturated heterocycles.